The van der Waals surface area contributed by atoms with Crippen LogP contribution >= 0.6 is 0 Å². The van der Waals surface area contributed by atoms with Crippen molar-refractivity contribution < 1.29 is 19.4 Å². The van der Waals surface area contributed by atoms with E-state index < -0.39 is 12.0 Å². The van der Waals surface area contributed by atoms with Gasteiger partial charge >= 0.3 is 5.97 Å². The van der Waals surface area contributed by atoms with Crippen LogP contribution < -0.4 is 4.74 Å². The Hall–Kier alpha value is -2.30. The molecule has 1 aromatic rings. The molecule has 1 aliphatic heterocycles. The number of nitrogens with zero attached hydrogens (tertiary/aromatic N) is 1. The van der Waals surface area contributed by atoms with E-state index in [1.54, 1.807) is 6.08 Å². The molecule has 21 heavy (non-hydrogen) atoms. The monoisotopic (exact) mass is 289 g/mol. The number of likely N-dealkylation sites (tertiary alicyclic amines) is 1. The topological polar surface area (TPSA) is 66.8 Å². The van der Waals surface area contributed by atoms with Gasteiger partial charge in [0.15, 0.2) is 0 Å². The standard InChI is InChI=1S/C16H19NO4/c1-2-21-14-8-4-3-6-12(14)9-10-15(18)17-11-5-7-13(17)16(19)20/h3-4,6,8-10,13H,2,5,7,11H2,1H3,(H,19,20)/b10-9-/t13-/m1/s1. The third-order valence-electron chi connectivity index (χ3n) is 3.45. The third kappa shape index (κ3) is 3.62. The van der Waals surface area contributed by atoms with E-state index in [9.17, 15) is 9.59 Å². The van der Waals surface area contributed by atoms with Crippen molar-refractivity contribution in [1.29, 1.82) is 0 Å². The lowest BCUT2D eigenvalue weighted by Gasteiger charge is -2.19. The summed E-state index contributed by atoms with van der Waals surface area (Å²) in [5.74, 6) is -0.504. The lowest BCUT2D eigenvalue weighted by atomic mass is 10.2. The highest BCUT2D eigenvalue weighted by Crippen LogP contribution is 2.21. The summed E-state index contributed by atoms with van der Waals surface area (Å²) < 4.78 is 5.48. The molecule has 0 bridgehead atoms. The van der Waals surface area contributed by atoms with Gasteiger partial charge in [-0.25, -0.2) is 4.79 Å². The van der Waals surface area contributed by atoms with E-state index in [0.29, 0.717) is 25.3 Å². The summed E-state index contributed by atoms with van der Waals surface area (Å²) in [6.45, 7) is 2.94. The van der Waals surface area contributed by atoms with Crippen molar-refractivity contribution in [2.45, 2.75) is 25.8 Å². The van der Waals surface area contributed by atoms with Crippen LogP contribution in [0.2, 0.25) is 0 Å². The minimum atomic E-state index is -0.941. The van der Waals surface area contributed by atoms with Crippen molar-refractivity contribution in [1.82, 2.24) is 4.90 Å². The van der Waals surface area contributed by atoms with Crippen LogP contribution in [0.5, 0.6) is 5.75 Å². The highest BCUT2D eigenvalue weighted by Gasteiger charge is 2.32. The van der Waals surface area contributed by atoms with E-state index in [4.69, 9.17) is 9.84 Å². The number of carbonyl (C=O) groups excluding carboxylic acids is 1. The number of hydrogen-bond acceptors (Lipinski definition) is 3. The van der Waals surface area contributed by atoms with Gasteiger partial charge in [0.2, 0.25) is 5.91 Å². The molecule has 2 rings (SSSR count). The first-order valence-corrected chi connectivity index (χ1v) is 7.06. The zero-order chi connectivity index (χ0) is 15.2. The maximum Gasteiger partial charge on any atom is 0.326 e. The molecule has 0 unspecified atom stereocenters. The van der Waals surface area contributed by atoms with Gasteiger partial charge < -0.3 is 14.7 Å². The number of hydrogen-bond donors (Lipinski definition) is 1. The van der Waals surface area contributed by atoms with Crippen LogP contribution in [0.4, 0.5) is 0 Å². The Balaban J connectivity index is 2.10. The fraction of sp³-hybridized carbons (Fsp3) is 0.375. The predicted molar refractivity (Wildman–Crippen MR) is 79.0 cm³/mol. The number of amides is 1. The molecule has 0 saturated carbocycles. The van der Waals surface area contributed by atoms with E-state index in [2.05, 4.69) is 0 Å². The minimum absolute atomic E-state index is 0.272. The van der Waals surface area contributed by atoms with Crippen molar-refractivity contribution in [2.24, 2.45) is 0 Å². The molecule has 1 aromatic carbocycles. The van der Waals surface area contributed by atoms with Gasteiger partial charge in [0, 0.05) is 18.2 Å². The average molecular weight is 289 g/mol. The Bertz CT molecular complexity index is 553. The molecule has 1 heterocycles. The molecule has 1 amide bonds. The number of rotatable bonds is 5. The fourth-order valence-electron chi connectivity index (χ4n) is 2.45. The van der Waals surface area contributed by atoms with E-state index in [0.717, 1.165) is 12.0 Å². The van der Waals surface area contributed by atoms with Gasteiger partial charge in [0.05, 0.1) is 6.61 Å². The molecule has 1 N–H and O–H groups in total. The van der Waals surface area contributed by atoms with E-state index in [1.165, 1.54) is 11.0 Å². The van der Waals surface area contributed by atoms with Crippen molar-refractivity contribution in [2.75, 3.05) is 13.2 Å². The van der Waals surface area contributed by atoms with Crippen LogP contribution in [0.3, 0.4) is 0 Å². The molecule has 5 heteroatoms. The van der Waals surface area contributed by atoms with Gasteiger partial charge in [-0.1, -0.05) is 18.2 Å². The van der Waals surface area contributed by atoms with Crippen LogP contribution in [-0.4, -0.2) is 41.1 Å². The van der Waals surface area contributed by atoms with Crippen molar-refractivity contribution in [3.63, 3.8) is 0 Å². The van der Waals surface area contributed by atoms with Crippen LogP contribution in [0.15, 0.2) is 30.3 Å². The first-order chi connectivity index (χ1) is 10.1. The Kier molecular flexibility index (Phi) is 4.98. The minimum Gasteiger partial charge on any atom is -0.493 e. The summed E-state index contributed by atoms with van der Waals surface area (Å²) in [6.07, 6.45) is 4.33. The Morgan fingerprint density at radius 2 is 2.19 bits per heavy atom. The molecule has 5 nitrogen and oxygen atoms in total. The molecule has 0 radical (unpaired) electrons. The number of carbonyl (C=O) groups is 2. The number of ether oxygens (including phenoxy) is 1. The number of carboxylic acid groups (broad SMARTS) is 1. The van der Waals surface area contributed by atoms with Gasteiger partial charge in [0.1, 0.15) is 11.8 Å². The van der Waals surface area contributed by atoms with Gasteiger partial charge in [-0.15, -0.1) is 0 Å². The van der Waals surface area contributed by atoms with Crippen LogP contribution in [0, 0.1) is 0 Å². The Labute approximate surface area is 123 Å². The number of carboxylic acids is 1. The molecule has 0 aliphatic carbocycles. The quantitative estimate of drug-likeness (QED) is 0.844. The molecular formula is C16H19NO4. The summed E-state index contributed by atoms with van der Waals surface area (Å²) in [5, 5.41) is 9.09. The second kappa shape index (κ2) is 6.92. The van der Waals surface area contributed by atoms with Crippen LogP contribution in [0.1, 0.15) is 25.3 Å². The SMILES string of the molecule is CCOc1ccccc1/C=C\C(=O)N1CCC[C@@H]1C(=O)O. The summed E-state index contributed by atoms with van der Waals surface area (Å²) in [4.78, 5) is 24.6. The summed E-state index contributed by atoms with van der Waals surface area (Å²) in [5.41, 5.74) is 0.804. The van der Waals surface area contributed by atoms with E-state index in [-0.39, 0.29) is 5.91 Å². The number of aliphatic carboxylic acids is 1. The van der Waals surface area contributed by atoms with E-state index in [1.807, 2.05) is 31.2 Å². The molecule has 0 aromatic heterocycles. The summed E-state index contributed by atoms with van der Waals surface area (Å²) >= 11 is 0. The zero-order valence-corrected chi connectivity index (χ0v) is 12.0. The normalized spacial score (nSPS) is 18.1. The molecule has 1 saturated heterocycles. The maximum atomic E-state index is 12.1. The van der Waals surface area contributed by atoms with E-state index >= 15 is 0 Å². The molecule has 0 spiro atoms. The second-order valence-corrected chi connectivity index (χ2v) is 4.83. The fourth-order valence-corrected chi connectivity index (χ4v) is 2.45. The van der Waals surface area contributed by atoms with Crippen molar-refractivity contribution >= 4 is 18.0 Å². The molecule has 1 fully saturated rings. The summed E-state index contributed by atoms with van der Waals surface area (Å²) in [6, 6.07) is 6.72. The first-order valence-electron chi connectivity index (χ1n) is 7.06. The Morgan fingerprint density at radius 1 is 1.43 bits per heavy atom. The van der Waals surface area contributed by atoms with Crippen molar-refractivity contribution in [3.05, 3.63) is 35.9 Å². The molecule has 112 valence electrons. The lowest BCUT2D eigenvalue weighted by molar-refractivity contribution is -0.146. The van der Waals surface area contributed by atoms with Gasteiger partial charge in [-0.05, 0) is 31.9 Å². The van der Waals surface area contributed by atoms with Crippen molar-refractivity contribution in [3.8, 4) is 5.75 Å². The smallest absolute Gasteiger partial charge is 0.326 e. The highest BCUT2D eigenvalue weighted by molar-refractivity contribution is 5.95. The first kappa shape index (κ1) is 15.1. The molecular weight excluding hydrogens is 270 g/mol. The zero-order valence-electron chi connectivity index (χ0n) is 12.0. The average Bonchev–Trinajstić information content (AvgIpc) is 2.96. The lowest BCUT2D eigenvalue weighted by Crippen LogP contribution is -2.39. The van der Waals surface area contributed by atoms with Gasteiger partial charge in [0.25, 0.3) is 0 Å². The third-order valence-corrected chi connectivity index (χ3v) is 3.45. The largest absolute Gasteiger partial charge is 0.493 e. The number of benzene rings is 1. The molecule has 1 aliphatic rings. The van der Waals surface area contributed by atoms with Crippen LogP contribution in [-0.2, 0) is 9.59 Å². The maximum absolute atomic E-state index is 12.1. The van der Waals surface area contributed by atoms with Gasteiger partial charge in [-0.3, -0.25) is 4.79 Å². The summed E-state index contributed by atoms with van der Waals surface area (Å²) in [7, 11) is 0. The van der Waals surface area contributed by atoms with Gasteiger partial charge in [-0.2, -0.15) is 0 Å². The van der Waals surface area contributed by atoms with Crippen LogP contribution in [0.25, 0.3) is 6.08 Å². The predicted octanol–water partition coefficient (Wildman–Crippen LogP) is 2.17. The Morgan fingerprint density at radius 3 is 2.90 bits per heavy atom. The number of para-hydroxylation sites is 1. The highest BCUT2D eigenvalue weighted by atomic mass is 16.5. The second-order valence-electron chi connectivity index (χ2n) is 4.83. The molecule has 1 atom stereocenters.